The summed E-state index contributed by atoms with van der Waals surface area (Å²) in [6.45, 7) is 0.346. The van der Waals surface area contributed by atoms with E-state index in [1.54, 1.807) is 6.92 Å². The van der Waals surface area contributed by atoms with Crippen LogP contribution >= 0.6 is 0 Å². The standard InChI is InChI=1S/C9H10F4O4/c1-2-8(5-15-7(14)17-8)16-4-6(10)3-9(11,12)13/h3H,2,4-5H2,1H3/b6-3+. The summed E-state index contributed by atoms with van der Waals surface area (Å²) < 4.78 is 62.0. The van der Waals surface area contributed by atoms with Crippen molar-refractivity contribution >= 4 is 6.16 Å². The Hall–Kier alpha value is -1.31. The summed E-state index contributed by atoms with van der Waals surface area (Å²) in [4.78, 5) is 10.7. The van der Waals surface area contributed by atoms with Gasteiger partial charge < -0.3 is 14.2 Å². The van der Waals surface area contributed by atoms with Gasteiger partial charge in [-0.25, -0.2) is 9.18 Å². The SMILES string of the molecule is CCC1(OC/C(F)=C\C(F)(F)F)COC(=O)O1. The number of rotatable bonds is 4. The number of alkyl halides is 3. The van der Waals surface area contributed by atoms with Crippen molar-refractivity contribution in [3.8, 4) is 0 Å². The van der Waals surface area contributed by atoms with E-state index in [4.69, 9.17) is 4.74 Å². The predicted octanol–water partition coefficient (Wildman–Crippen LogP) is 2.69. The minimum Gasteiger partial charge on any atom is -0.427 e. The number of hydrogen-bond donors (Lipinski definition) is 0. The molecule has 0 aromatic carbocycles. The van der Waals surface area contributed by atoms with Crippen LogP contribution in [0.4, 0.5) is 22.4 Å². The minimum absolute atomic E-state index is 0.137. The van der Waals surface area contributed by atoms with Gasteiger partial charge in [-0.15, -0.1) is 0 Å². The molecule has 1 unspecified atom stereocenters. The summed E-state index contributed by atoms with van der Waals surface area (Å²) >= 11 is 0. The highest BCUT2D eigenvalue weighted by atomic mass is 19.4. The van der Waals surface area contributed by atoms with Crippen molar-refractivity contribution in [1.29, 1.82) is 0 Å². The number of carbonyl (C=O) groups is 1. The van der Waals surface area contributed by atoms with Crippen LogP contribution in [-0.2, 0) is 14.2 Å². The Labute approximate surface area is 94.1 Å². The van der Waals surface area contributed by atoms with E-state index < -0.39 is 36.6 Å². The molecule has 1 heterocycles. The molecule has 1 aliphatic heterocycles. The maximum atomic E-state index is 12.8. The summed E-state index contributed by atoms with van der Waals surface area (Å²) in [5.41, 5.74) is 0. The molecule has 98 valence electrons. The van der Waals surface area contributed by atoms with Gasteiger partial charge in [0.2, 0.25) is 0 Å². The molecule has 17 heavy (non-hydrogen) atoms. The van der Waals surface area contributed by atoms with Crippen LogP contribution < -0.4 is 0 Å². The van der Waals surface area contributed by atoms with E-state index in [2.05, 4.69) is 9.47 Å². The largest absolute Gasteiger partial charge is 0.511 e. The molecule has 0 amide bonds. The highest BCUT2D eigenvalue weighted by molar-refractivity contribution is 5.62. The zero-order chi connectivity index (χ0) is 13.1. The van der Waals surface area contributed by atoms with Gasteiger partial charge in [0.15, 0.2) is 6.61 Å². The van der Waals surface area contributed by atoms with Crippen LogP contribution in [0.25, 0.3) is 0 Å². The van der Waals surface area contributed by atoms with Crippen LogP contribution in [0, 0.1) is 0 Å². The molecule has 0 radical (unpaired) electrons. The van der Waals surface area contributed by atoms with Crippen molar-refractivity contribution in [3.05, 3.63) is 11.9 Å². The highest BCUT2D eigenvalue weighted by Crippen LogP contribution is 2.27. The summed E-state index contributed by atoms with van der Waals surface area (Å²) in [5, 5.41) is 0. The van der Waals surface area contributed by atoms with Gasteiger partial charge in [-0.1, -0.05) is 6.92 Å². The Morgan fingerprint density at radius 1 is 1.59 bits per heavy atom. The van der Waals surface area contributed by atoms with Crippen molar-refractivity contribution in [2.45, 2.75) is 25.3 Å². The van der Waals surface area contributed by atoms with E-state index in [-0.39, 0.29) is 13.0 Å². The predicted molar refractivity (Wildman–Crippen MR) is 46.7 cm³/mol. The van der Waals surface area contributed by atoms with E-state index in [1.165, 1.54) is 0 Å². The minimum atomic E-state index is -4.75. The molecule has 1 fully saturated rings. The van der Waals surface area contributed by atoms with Crippen LogP contribution in [0.3, 0.4) is 0 Å². The van der Waals surface area contributed by atoms with Gasteiger partial charge in [-0.05, 0) is 0 Å². The molecule has 0 bridgehead atoms. The summed E-state index contributed by atoms with van der Waals surface area (Å²) in [7, 11) is 0. The molecule has 1 aliphatic rings. The Balaban J connectivity index is 2.55. The van der Waals surface area contributed by atoms with Gasteiger partial charge in [0.05, 0.1) is 6.08 Å². The first-order chi connectivity index (χ1) is 7.76. The molecule has 8 heteroatoms. The topological polar surface area (TPSA) is 44.8 Å². The normalized spacial score (nSPS) is 25.7. The smallest absolute Gasteiger partial charge is 0.427 e. The number of halogens is 4. The molecule has 0 aromatic rings. The lowest BCUT2D eigenvalue weighted by molar-refractivity contribution is -0.178. The van der Waals surface area contributed by atoms with E-state index >= 15 is 0 Å². The first kappa shape index (κ1) is 13.8. The fourth-order valence-electron chi connectivity index (χ4n) is 1.15. The van der Waals surface area contributed by atoms with Crippen LogP contribution in [-0.4, -0.2) is 31.3 Å². The second-order valence-corrected chi connectivity index (χ2v) is 3.33. The lowest BCUT2D eigenvalue weighted by Crippen LogP contribution is -2.35. The molecule has 0 aliphatic carbocycles. The van der Waals surface area contributed by atoms with Crippen LogP contribution in [0.15, 0.2) is 11.9 Å². The van der Waals surface area contributed by atoms with Gasteiger partial charge in [-0.2, -0.15) is 13.2 Å². The molecule has 0 aromatic heterocycles. The van der Waals surface area contributed by atoms with Crippen molar-refractivity contribution < 1.29 is 36.6 Å². The fourth-order valence-corrected chi connectivity index (χ4v) is 1.15. The molecule has 1 saturated heterocycles. The number of ether oxygens (including phenoxy) is 3. The van der Waals surface area contributed by atoms with Crippen molar-refractivity contribution in [2.24, 2.45) is 0 Å². The van der Waals surface area contributed by atoms with Gasteiger partial charge in [0, 0.05) is 6.42 Å². The molecule has 1 atom stereocenters. The molecule has 4 nitrogen and oxygen atoms in total. The molecular weight excluding hydrogens is 248 g/mol. The Bertz CT molecular complexity index is 325. The maximum absolute atomic E-state index is 12.8. The highest BCUT2D eigenvalue weighted by Gasteiger charge is 2.42. The average Bonchev–Trinajstić information content (AvgIpc) is 2.56. The van der Waals surface area contributed by atoms with Gasteiger partial charge in [0.1, 0.15) is 12.4 Å². The number of cyclic esters (lactones) is 2. The van der Waals surface area contributed by atoms with Crippen LogP contribution in [0.2, 0.25) is 0 Å². The summed E-state index contributed by atoms with van der Waals surface area (Å²) in [5.74, 6) is -3.01. The number of allylic oxidation sites excluding steroid dienone is 1. The first-order valence-electron chi connectivity index (χ1n) is 4.70. The molecule has 0 N–H and O–H groups in total. The van der Waals surface area contributed by atoms with Crippen molar-refractivity contribution in [1.82, 2.24) is 0 Å². The monoisotopic (exact) mass is 258 g/mol. The zero-order valence-electron chi connectivity index (χ0n) is 8.84. The van der Waals surface area contributed by atoms with Crippen molar-refractivity contribution in [2.75, 3.05) is 13.2 Å². The van der Waals surface area contributed by atoms with E-state index in [0.717, 1.165) is 0 Å². The zero-order valence-corrected chi connectivity index (χ0v) is 8.84. The number of hydrogen-bond acceptors (Lipinski definition) is 4. The lowest BCUT2D eigenvalue weighted by atomic mass is 10.2. The maximum Gasteiger partial charge on any atom is 0.511 e. The number of carbonyl (C=O) groups excluding carboxylic acids is 1. The first-order valence-corrected chi connectivity index (χ1v) is 4.70. The van der Waals surface area contributed by atoms with Crippen LogP contribution in [0.5, 0.6) is 0 Å². The second kappa shape index (κ2) is 4.91. The Kier molecular flexibility index (Phi) is 3.97. The van der Waals surface area contributed by atoms with Crippen molar-refractivity contribution in [3.63, 3.8) is 0 Å². The molecular formula is C9H10F4O4. The molecule has 0 saturated carbocycles. The van der Waals surface area contributed by atoms with Gasteiger partial charge in [0.25, 0.3) is 5.79 Å². The van der Waals surface area contributed by atoms with E-state index in [0.29, 0.717) is 0 Å². The quantitative estimate of drug-likeness (QED) is 0.574. The second-order valence-electron chi connectivity index (χ2n) is 3.33. The average molecular weight is 258 g/mol. The molecule has 0 spiro atoms. The lowest BCUT2D eigenvalue weighted by Gasteiger charge is -2.22. The Morgan fingerprint density at radius 3 is 2.65 bits per heavy atom. The third-order valence-corrected chi connectivity index (χ3v) is 2.01. The fraction of sp³-hybridized carbons (Fsp3) is 0.667. The molecule has 1 rings (SSSR count). The van der Waals surface area contributed by atoms with E-state index in [1.807, 2.05) is 0 Å². The van der Waals surface area contributed by atoms with Crippen LogP contribution in [0.1, 0.15) is 13.3 Å². The van der Waals surface area contributed by atoms with E-state index in [9.17, 15) is 22.4 Å². The summed E-state index contributed by atoms with van der Waals surface area (Å²) in [6, 6.07) is 0. The third kappa shape index (κ3) is 4.22. The van der Waals surface area contributed by atoms with Gasteiger partial charge >= 0.3 is 12.3 Å². The van der Waals surface area contributed by atoms with Gasteiger partial charge in [-0.3, -0.25) is 0 Å². The summed E-state index contributed by atoms with van der Waals surface area (Å²) in [6.07, 6.45) is -6.13. The third-order valence-electron chi connectivity index (χ3n) is 2.01. The Morgan fingerprint density at radius 2 is 2.24 bits per heavy atom.